The summed E-state index contributed by atoms with van der Waals surface area (Å²) in [5, 5.41) is 12.5. The number of rotatable bonds is 6. The molecule has 8 nitrogen and oxygen atoms in total. The topological polar surface area (TPSA) is 102 Å². The van der Waals surface area contributed by atoms with Crippen LogP contribution in [-0.4, -0.2) is 59.4 Å². The van der Waals surface area contributed by atoms with Crippen LogP contribution in [0.15, 0.2) is 17.3 Å². The van der Waals surface area contributed by atoms with Gasteiger partial charge in [-0.3, -0.25) is 9.48 Å². The van der Waals surface area contributed by atoms with Gasteiger partial charge in [0.1, 0.15) is 4.90 Å². The van der Waals surface area contributed by atoms with E-state index in [1.807, 2.05) is 6.92 Å². The van der Waals surface area contributed by atoms with Crippen molar-refractivity contribution >= 4 is 16.0 Å². The zero-order valence-electron chi connectivity index (χ0n) is 11.8. The fourth-order valence-corrected chi connectivity index (χ4v) is 3.85. The Balaban J connectivity index is 2.17. The largest absolute Gasteiger partial charge is 0.481 e. The Morgan fingerprint density at radius 1 is 1.57 bits per heavy atom. The Labute approximate surface area is 123 Å². The van der Waals surface area contributed by atoms with Crippen molar-refractivity contribution in [2.24, 2.45) is 0 Å². The van der Waals surface area contributed by atoms with Gasteiger partial charge in [0, 0.05) is 18.8 Å². The van der Waals surface area contributed by atoms with Gasteiger partial charge in [0.25, 0.3) is 0 Å². The zero-order chi connectivity index (χ0) is 15.5. The maximum Gasteiger partial charge on any atom is 0.305 e. The molecule has 1 aliphatic heterocycles. The second-order valence-electron chi connectivity index (χ2n) is 4.84. The van der Waals surface area contributed by atoms with Crippen molar-refractivity contribution in [3.63, 3.8) is 0 Å². The van der Waals surface area contributed by atoms with Crippen molar-refractivity contribution in [1.29, 1.82) is 0 Å². The molecule has 0 radical (unpaired) electrons. The van der Waals surface area contributed by atoms with E-state index in [0.717, 1.165) is 0 Å². The first-order valence-corrected chi connectivity index (χ1v) is 8.23. The number of morpholine rings is 1. The number of hydrogen-bond acceptors (Lipinski definition) is 5. The molecule has 1 aliphatic rings. The molecular weight excluding hydrogens is 298 g/mol. The van der Waals surface area contributed by atoms with Crippen molar-refractivity contribution < 1.29 is 23.1 Å². The maximum atomic E-state index is 12.6. The number of aromatic nitrogens is 2. The summed E-state index contributed by atoms with van der Waals surface area (Å²) in [5.41, 5.74) is 0. The molecule has 1 aromatic rings. The van der Waals surface area contributed by atoms with Crippen LogP contribution in [0, 0.1) is 0 Å². The number of carboxylic acid groups (broad SMARTS) is 1. The number of hydrogen-bond donors (Lipinski definition) is 1. The lowest BCUT2D eigenvalue weighted by molar-refractivity contribution is -0.137. The van der Waals surface area contributed by atoms with Gasteiger partial charge in [-0.2, -0.15) is 9.40 Å². The van der Waals surface area contributed by atoms with E-state index in [1.165, 1.54) is 21.4 Å². The first kappa shape index (κ1) is 15.9. The molecule has 1 unspecified atom stereocenters. The molecule has 0 spiro atoms. The number of carboxylic acids is 1. The van der Waals surface area contributed by atoms with Crippen LogP contribution < -0.4 is 0 Å². The first-order valence-electron chi connectivity index (χ1n) is 6.79. The van der Waals surface area contributed by atoms with Gasteiger partial charge in [-0.15, -0.1) is 0 Å². The second-order valence-corrected chi connectivity index (χ2v) is 6.73. The molecule has 1 fully saturated rings. The maximum absolute atomic E-state index is 12.6. The Morgan fingerprint density at radius 2 is 2.33 bits per heavy atom. The van der Waals surface area contributed by atoms with Gasteiger partial charge in [0.05, 0.1) is 32.4 Å². The lowest BCUT2D eigenvalue weighted by atomic mass is 10.2. The van der Waals surface area contributed by atoms with E-state index in [4.69, 9.17) is 9.84 Å². The highest BCUT2D eigenvalue weighted by Gasteiger charge is 2.33. The number of aryl methyl sites for hydroxylation is 1. The van der Waals surface area contributed by atoms with Crippen molar-refractivity contribution in [2.45, 2.75) is 37.2 Å². The minimum Gasteiger partial charge on any atom is -0.481 e. The van der Waals surface area contributed by atoms with E-state index in [1.54, 1.807) is 0 Å². The van der Waals surface area contributed by atoms with Gasteiger partial charge in [-0.1, -0.05) is 6.92 Å². The molecule has 0 saturated carbocycles. The second kappa shape index (κ2) is 6.54. The summed E-state index contributed by atoms with van der Waals surface area (Å²) in [6.45, 7) is 3.15. The van der Waals surface area contributed by atoms with Gasteiger partial charge in [-0.05, 0) is 6.42 Å². The molecule has 9 heteroatoms. The number of carbonyl (C=O) groups is 1. The van der Waals surface area contributed by atoms with E-state index in [2.05, 4.69) is 5.10 Å². The van der Waals surface area contributed by atoms with Crippen LogP contribution in [0.25, 0.3) is 0 Å². The molecule has 0 aliphatic carbocycles. The highest BCUT2D eigenvalue weighted by Crippen LogP contribution is 2.21. The van der Waals surface area contributed by atoms with Crippen molar-refractivity contribution in [2.75, 3.05) is 19.8 Å². The Kier molecular flexibility index (Phi) is 4.96. The third-order valence-electron chi connectivity index (χ3n) is 3.42. The molecule has 118 valence electrons. The van der Waals surface area contributed by atoms with Crippen LogP contribution in [0.4, 0.5) is 0 Å². The molecule has 0 amide bonds. The van der Waals surface area contributed by atoms with Crippen LogP contribution in [0.2, 0.25) is 0 Å². The van der Waals surface area contributed by atoms with Gasteiger partial charge in [0.15, 0.2) is 0 Å². The average Bonchev–Trinajstić information content (AvgIpc) is 2.94. The monoisotopic (exact) mass is 317 g/mol. The molecule has 21 heavy (non-hydrogen) atoms. The minimum atomic E-state index is -3.62. The quantitative estimate of drug-likeness (QED) is 0.802. The molecule has 1 atom stereocenters. The molecule has 0 aromatic carbocycles. The molecule has 0 bridgehead atoms. The standard InChI is InChI=1S/C12H19N3O5S/c1-2-10-9-20-6-5-15(10)21(18,19)11-7-13-14(8-11)4-3-12(16)17/h7-8,10H,2-6,9H2,1H3,(H,16,17). The number of sulfonamides is 1. The van der Waals surface area contributed by atoms with Gasteiger partial charge < -0.3 is 9.84 Å². The summed E-state index contributed by atoms with van der Waals surface area (Å²) in [6.07, 6.45) is 3.21. The molecule has 1 aromatic heterocycles. The number of nitrogens with zero attached hydrogens (tertiary/aromatic N) is 3. The smallest absolute Gasteiger partial charge is 0.305 e. The highest BCUT2D eigenvalue weighted by molar-refractivity contribution is 7.89. The van der Waals surface area contributed by atoms with Gasteiger partial charge in [-0.25, -0.2) is 8.42 Å². The fourth-order valence-electron chi connectivity index (χ4n) is 2.22. The Morgan fingerprint density at radius 3 is 3.00 bits per heavy atom. The van der Waals surface area contributed by atoms with E-state index in [-0.39, 0.29) is 23.9 Å². The Bertz CT molecular complexity index is 598. The summed E-state index contributed by atoms with van der Waals surface area (Å²) < 4.78 is 33.3. The number of aliphatic carboxylic acids is 1. The molecule has 2 rings (SSSR count). The molecular formula is C12H19N3O5S. The zero-order valence-corrected chi connectivity index (χ0v) is 12.6. The molecule has 2 heterocycles. The highest BCUT2D eigenvalue weighted by atomic mass is 32.2. The lowest BCUT2D eigenvalue weighted by Crippen LogP contribution is -2.48. The van der Waals surface area contributed by atoms with Crippen LogP contribution in [0.5, 0.6) is 0 Å². The normalized spacial score (nSPS) is 20.5. The predicted molar refractivity (Wildman–Crippen MR) is 73.3 cm³/mol. The summed E-state index contributed by atoms with van der Waals surface area (Å²) in [6, 6.07) is -0.175. The van der Waals surface area contributed by atoms with E-state index < -0.39 is 16.0 Å². The van der Waals surface area contributed by atoms with Gasteiger partial charge in [0.2, 0.25) is 10.0 Å². The predicted octanol–water partition coefficient (Wildman–Crippen LogP) is 0.157. The summed E-state index contributed by atoms with van der Waals surface area (Å²) in [7, 11) is -3.62. The van der Waals surface area contributed by atoms with Crippen LogP contribution in [0.1, 0.15) is 19.8 Å². The summed E-state index contributed by atoms with van der Waals surface area (Å²) in [5.74, 6) is -0.950. The molecule has 1 N–H and O–H groups in total. The molecule has 1 saturated heterocycles. The van der Waals surface area contributed by atoms with Crippen molar-refractivity contribution in [1.82, 2.24) is 14.1 Å². The SMILES string of the molecule is CCC1COCCN1S(=O)(=O)c1cnn(CCC(=O)O)c1. The third-order valence-corrected chi connectivity index (χ3v) is 5.32. The third kappa shape index (κ3) is 3.60. The summed E-state index contributed by atoms with van der Waals surface area (Å²) in [4.78, 5) is 10.6. The Hall–Kier alpha value is -1.45. The lowest BCUT2D eigenvalue weighted by Gasteiger charge is -2.33. The minimum absolute atomic E-state index is 0.0910. The number of ether oxygens (including phenoxy) is 1. The van der Waals surface area contributed by atoms with Crippen molar-refractivity contribution in [3.8, 4) is 0 Å². The van der Waals surface area contributed by atoms with E-state index in [0.29, 0.717) is 26.2 Å². The van der Waals surface area contributed by atoms with E-state index >= 15 is 0 Å². The van der Waals surface area contributed by atoms with Crippen molar-refractivity contribution in [3.05, 3.63) is 12.4 Å². The van der Waals surface area contributed by atoms with E-state index in [9.17, 15) is 13.2 Å². The van der Waals surface area contributed by atoms with Crippen LogP contribution in [-0.2, 0) is 26.1 Å². The fraction of sp³-hybridized carbons (Fsp3) is 0.667. The van der Waals surface area contributed by atoms with Crippen LogP contribution >= 0.6 is 0 Å². The summed E-state index contributed by atoms with van der Waals surface area (Å²) >= 11 is 0. The first-order chi connectivity index (χ1) is 9.95. The average molecular weight is 317 g/mol. The van der Waals surface area contributed by atoms with Gasteiger partial charge >= 0.3 is 5.97 Å². The van der Waals surface area contributed by atoms with Crippen LogP contribution in [0.3, 0.4) is 0 Å².